The minimum atomic E-state index is -0.444. The van der Waals surface area contributed by atoms with Crippen LogP contribution in [-0.4, -0.2) is 17.7 Å². The Bertz CT molecular complexity index is 509. The van der Waals surface area contributed by atoms with Gasteiger partial charge in [-0.3, -0.25) is 0 Å². The first-order valence-corrected chi connectivity index (χ1v) is 5.64. The van der Waals surface area contributed by atoms with E-state index in [0.29, 0.717) is 29.2 Å². The molecule has 4 heteroatoms. The third kappa shape index (κ3) is 2.97. The molecule has 1 aromatic heterocycles. The zero-order valence-corrected chi connectivity index (χ0v) is 10.9. The Morgan fingerprint density at radius 3 is 2.72 bits per heavy atom. The first-order chi connectivity index (χ1) is 8.51. The highest BCUT2D eigenvalue weighted by atomic mass is 16.5. The van der Waals surface area contributed by atoms with Gasteiger partial charge >= 0.3 is 5.97 Å². The van der Waals surface area contributed by atoms with Gasteiger partial charge in [-0.2, -0.15) is 0 Å². The van der Waals surface area contributed by atoms with Crippen molar-refractivity contribution in [2.45, 2.75) is 20.8 Å². The van der Waals surface area contributed by atoms with E-state index >= 15 is 0 Å². The van der Waals surface area contributed by atoms with Gasteiger partial charge in [-0.05, 0) is 20.8 Å². The van der Waals surface area contributed by atoms with Crippen LogP contribution < -0.4 is 0 Å². The molecule has 0 amide bonds. The van der Waals surface area contributed by atoms with Crippen molar-refractivity contribution in [3.8, 4) is 0 Å². The maximum absolute atomic E-state index is 11.8. The number of aromatic nitrogens is 1. The summed E-state index contributed by atoms with van der Waals surface area (Å²) in [6, 6.07) is 0. The average molecular weight is 247 g/mol. The van der Waals surface area contributed by atoms with E-state index in [1.165, 1.54) is 0 Å². The van der Waals surface area contributed by atoms with Crippen LogP contribution in [0, 0.1) is 6.92 Å². The highest BCUT2D eigenvalue weighted by Gasteiger charge is 2.22. The molecule has 0 aliphatic rings. The number of carbonyl (C=O) groups excluding carboxylic acids is 1. The zero-order valence-electron chi connectivity index (χ0n) is 10.9. The second-order valence-corrected chi connectivity index (χ2v) is 3.83. The number of ether oxygens (including phenoxy) is 1. The van der Waals surface area contributed by atoms with E-state index in [4.69, 9.17) is 9.26 Å². The van der Waals surface area contributed by atoms with Gasteiger partial charge in [0.15, 0.2) is 0 Å². The van der Waals surface area contributed by atoms with Crippen molar-refractivity contribution in [2.24, 2.45) is 0 Å². The molecule has 0 fully saturated rings. The summed E-state index contributed by atoms with van der Waals surface area (Å²) in [6.07, 6.45) is 3.39. The molecule has 0 aromatic carbocycles. The second kappa shape index (κ2) is 6.00. The Morgan fingerprint density at radius 2 is 2.22 bits per heavy atom. The highest BCUT2D eigenvalue weighted by Crippen LogP contribution is 2.24. The molecule has 0 N–H and O–H groups in total. The average Bonchev–Trinajstić information content (AvgIpc) is 2.68. The van der Waals surface area contributed by atoms with Crippen LogP contribution in [0.2, 0.25) is 0 Å². The number of hydrogen-bond donors (Lipinski definition) is 0. The molecule has 0 spiro atoms. The summed E-state index contributed by atoms with van der Waals surface area (Å²) in [4.78, 5) is 11.8. The molecular formula is C14H17NO3. The summed E-state index contributed by atoms with van der Waals surface area (Å²) in [5, 5.41) is 3.89. The summed E-state index contributed by atoms with van der Waals surface area (Å²) in [5.74, 6) is -0.0152. The standard InChI is InChI=1S/C14H17NO3/c1-6-11(8-9(3)4)13-12(10(5)18-15-13)14(16)17-7-2/h6,8H,1,3,7H2,2,4-5H3/b11-8+. The van der Waals surface area contributed by atoms with Gasteiger partial charge in [0.2, 0.25) is 0 Å². The lowest BCUT2D eigenvalue weighted by Gasteiger charge is -2.03. The van der Waals surface area contributed by atoms with Gasteiger partial charge in [0.25, 0.3) is 0 Å². The van der Waals surface area contributed by atoms with Crippen molar-refractivity contribution in [3.05, 3.63) is 47.9 Å². The maximum Gasteiger partial charge on any atom is 0.344 e. The third-order valence-electron chi connectivity index (χ3n) is 2.24. The molecule has 1 aromatic rings. The van der Waals surface area contributed by atoms with E-state index in [9.17, 15) is 4.79 Å². The maximum atomic E-state index is 11.8. The molecule has 96 valence electrons. The van der Waals surface area contributed by atoms with Crippen molar-refractivity contribution >= 4 is 11.5 Å². The Balaban J connectivity index is 3.29. The molecule has 18 heavy (non-hydrogen) atoms. The van der Waals surface area contributed by atoms with E-state index in [1.54, 1.807) is 26.0 Å². The van der Waals surface area contributed by atoms with Gasteiger partial charge in [0, 0.05) is 5.57 Å². The van der Waals surface area contributed by atoms with Crippen LogP contribution in [0.3, 0.4) is 0 Å². The fourth-order valence-electron chi connectivity index (χ4n) is 1.50. The van der Waals surface area contributed by atoms with Crippen molar-refractivity contribution in [3.63, 3.8) is 0 Å². The molecule has 1 heterocycles. The fourth-order valence-corrected chi connectivity index (χ4v) is 1.50. The van der Waals surface area contributed by atoms with Crippen molar-refractivity contribution < 1.29 is 14.1 Å². The Morgan fingerprint density at radius 1 is 1.56 bits per heavy atom. The molecule has 0 unspecified atom stereocenters. The summed E-state index contributed by atoms with van der Waals surface area (Å²) < 4.78 is 10.0. The van der Waals surface area contributed by atoms with Crippen molar-refractivity contribution in [2.75, 3.05) is 6.61 Å². The topological polar surface area (TPSA) is 52.3 Å². The lowest BCUT2D eigenvalue weighted by Crippen LogP contribution is -2.07. The van der Waals surface area contributed by atoms with Gasteiger partial charge in [-0.15, -0.1) is 0 Å². The Labute approximate surface area is 107 Å². The lowest BCUT2D eigenvalue weighted by atomic mass is 10.0. The molecule has 0 saturated carbocycles. The minimum absolute atomic E-state index is 0.302. The van der Waals surface area contributed by atoms with Crippen LogP contribution in [0.15, 0.2) is 35.4 Å². The lowest BCUT2D eigenvalue weighted by molar-refractivity contribution is 0.0524. The van der Waals surface area contributed by atoms with Gasteiger partial charge in [0.05, 0.1) is 6.61 Å². The van der Waals surface area contributed by atoms with Crippen molar-refractivity contribution in [1.29, 1.82) is 0 Å². The van der Waals surface area contributed by atoms with Crippen LogP contribution in [0.1, 0.15) is 35.7 Å². The predicted octanol–water partition coefficient (Wildman–Crippen LogP) is 3.31. The number of aryl methyl sites for hydroxylation is 1. The predicted molar refractivity (Wildman–Crippen MR) is 70.2 cm³/mol. The van der Waals surface area contributed by atoms with Crippen molar-refractivity contribution in [1.82, 2.24) is 5.16 Å². The summed E-state index contributed by atoms with van der Waals surface area (Å²) in [5.41, 5.74) is 2.29. The molecule has 0 radical (unpaired) electrons. The van der Waals surface area contributed by atoms with Crippen LogP contribution >= 0.6 is 0 Å². The summed E-state index contributed by atoms with van der Waals surface area (Å²) in [6.45, 7) is 13.1. The second-order valence-electron chi connectivity index (χ2n) is 3.83. The van der Waals surface area contributed by atoms with E-state index < -0.39 is 5.97 Å². The first-order valence-electron chi connectivity index (χ1n) is 5.64. The van der Waals surface area contributed by atoms with Gasteiger partial charge in [-0.1, -0.05) is 36.0 Å². The monoisotopic (exact) mass is 247 g/mol. The first kappa shape index (κ1) is 14.0. The molecule has 0 aliphatic heterocycles. The summed E-state index contributed by atoms with van der Waals surface area (Å²) >= 11 is 0. The van der Waals surface area contributed by atoms with E-state index in [2.05, 4.69) is 18.3 Å². The molecular weight excluding hydrogens is 230 g/mol. The van der Waals surface area contributed by atoms with Gasteiger partial charge < -0.3 is 9.26 Å². The number of allylic oxidation sites excluding steroid dienone is 4. The number of rotatable bonds is 5. The molecule has 0 aliphatic carbocycles. The molecule has 0 saturated heterocycles. The fraction of sp³-hybridized carbons (Fsp3) is 0.286. The highest BCUT2D eigenvalue weighted by molar-refractivity contribution is 5.96. The van der Waals surface area contributed by atoms with E-state index in [-0.39, 0.29) is 0 Å². The minimum Gasteiger partial charge on any atom is -0.462 e. The third-order valence-corrected chi connectivity index (χ3v) is 2.24. The zero-order chi connectivity index (χ0) is 13.7. The van der Waals surface area contributed by atoms with Gasteiger partial charge in [0.1, 0.15) is 17.0 Å². The Hall–Kier alpha value is -2.10. The molecule has 4 nitrogen and oxygen atoms in total. The normalized spacial score (nSPS) is 11.2. The number of nitrogens with zero attached hydrogens (tertiary/aromatic N) is 1. The van der Waals surface area contributed by atoms with Crippen LogP contribution in [0.4, 0.5) is 0 Å². The van der Waals surface area contributed by atoms with E-state index in [0.717, 1.165) is 5.57 Å². The quantitative estimate of drug-likeness (QED) is 0.591. The SMILES string of the molecule is C=C/C(=C\C(=C)C)c1noc(C)c1C(=O)OCC. The molecule has 0 atom stereocenters. The number of esters is 1. The molecule has 1 rings (SSSR count). The van der Waals surface area contributed by atoms with Gasteiger partial charge in [-0.25, -0.2) is 4.79 Å². The summed E-state index contributed by atoms with van der Waals surface area (Å²) in [7, 11) is 0. The van der Waals surface area contributed by atoms with Crippen LogP contribution in [-0.2, 0) is 4.74 Å². The van der Waals surface area contributed by atoms with E-state index in [1.807, 2.05) is 6.92 Å². The van der Waals surface area contributed by atoms with Crippen LogP contribution in [0.25, 0.3) is 5.57 Å². The number of hydrogen-bond acceptors (Lipinski definition) is 4. The largest absolute Gasteiger partial charge is 0.462 e. The molecule has 0 bridgehead atoms. The smallest absolute Gasteiger partial charge is 0.344 e. The van der Waals surface area contributed by atoms with Crippen LogP contribution in [0.5, 0.6) is 0 Å². The number of carbonyl (C=O) groups is 1. The Kier molecular flexibility index (Phi) is 4.66.